The molecule has 108 valence electrons. The third kappa shape index (κ3) is 5.33. The lowest BCUT2D eigenvalue weighted by molar-refractivity contribution is -0.109. The van der Waals surface area contributed by atoms with E-state index in [2.05, 4.69) is 0 Å². The topological polar surface area (TPSA) is 84.2 Å². The molecule has 0 heterocycles. The number of hydrogen-bond donors (Lipinski definition) is 0. The van der Waals surface area contributed by atoms with Gasteiger partial charge in [0.2, 0.25) is 0 Å². The quantitative estimate of drug-likeness (QED) is 0.749. The number of aryl methyl sites for hydroxylation is 1. The van der Waals surface area contributed by atoms with Gasteiger partial charge in [-0.2, -0.15) is 13.7 Å². The number of hydrogen-bond acceptors (Lipinski definition) is 6. The molecule has 0 aliphatic heterocycles. The van der Waals surface area contributed by atoms with Crippen LogP contribution in [-0.2, 0) is 19.1 Å². The van der Waals surface area contributed by atoms with Gasteiger partial charge in [-0.15, -0.1) is 0 Å². The minimum Gasteiger partial charge on any atom is -0.288 e. The van der Waals surface area contributed by atoms with E-state index in [1.54, 1.807) is 12.1 Å². The summed E-state index contributed by atoms with van der Waals surface area (Å²) >= 11 is 0.938. The normalized spacial score (nSPS) is 12.7. The molecule has 7 heteroatoms. The zero-order valence-electron chi connectivity index (χ0n) is 11.2. The Morgan fingerprint density at radius 3 is 2.50 bits per heavy atom. The van der Waals surface area contributed by atoms with Crippen LogP contribution in [0.4, 0.5) is 0 Å². The third-order valence-corrected chi connectivity index (χ3v) is 4.68. The molecule has 1 aromatic rings. The van der Waals surface area contributed by atoms with Crippen molar-refractivity contribution in [2.24, 2.45) is 0 Å². The zero-order valence-corrected chi connectivity index (χ0v) is 12.8. The summed E-state index contributed by atoms with van der Waals surface area (Å²) in [5.41, 5.74) is 0.935. The summed E-state index contributed by atoms with van der Waals surface area (Å²) < 4.78 is 29.1. The Hall–Kier alpha value is -1.36. The zero-order chi connectivity index (χ0) is 15.2. The molecule has 1 aromatic carbocycles. The highest BCUT2D eigenvalue weighted by molar-refractivity contribution is 8.13. The summed E-state index contributed by atoms with van der Waals surface area (Å²) in [5, 5.41) is 8.54. The van der Waals surface area contributed by atoms with Crippen molar-refractivity contribution in [2.75, 3.05) is 5.75 Å². The maximum atomic E-state index is 12.0. The number of nitrogens with zero attached hydrogens (tertiary/aromatic N) is 1. The van der Waals surface area contributed by atoms with Gasteiger partial charge in [-0.3, -0.25) is 8.98 Å². The van der Waals surface area contributed by atoms with Crippen LogP contribution in [0.25, 0.3) is 0 Å². The first-order valence-corrected chi connectivity index (χ1v) is 8.25. The van der Waals surface area contributed by atoms with Gasteiger partial charge in [0.25, 0.3) is 10.1 Å². The molecule has 5 nitrogen and oxygen atoms in total. The van der Waals surface area contributed by atoms with Crippen molar-refractivity contribution >= 4 is 27.0 Å². The first-order chi connectivity index (χ1) is 9.35. The Bertz CT molecular complexity index is 602. The molecule has 0 radical (unpaired) electrons. The molecule has 0 saturated carbocycles. The minimum atomic E-state index is -3.92. The fourth-order valence-electron chi connectivity index (χ4n) is 1.37. The summed E-state index contributed by atoms with van der Waals surface area (Å²) in [4.78, 5) is 10.9. The molecule has 0 saturated heterocycles. The predicted octanol–water partition coefficient (Wildman–Crippen LogP) is 2.26. The second-order valence-electron chi connectivity index (χ2n) is 4.15. The van der Waals surface area contributed by atoms with E-state index in [0.29, 0.717) is 0 Å². The Labute approximate surface area is 123 Å². The van der Waals surface area contributed by atoms with Gasteiger partial charge < -0.3 is 0 Å². The molecule has 0 aliphatic carbocycles. The van der Waals surface area contributed by atoms with E-state index < -0.39 is 16.2 Å². The number of nitriles is 1. The van der Waals surface area contributed by atoms with Gasteiger partial charge in [-0.25, -0.2) is 0 Å². The molecule has 0 bridgehead atoms. The molecule has 0 aliphatic rings. The molecule has 0 N–H and O–H groups in total. The summed E-state index contributed by atoms with van der Waals surface area (Å²) in [7, 11) is -3.92. The largest absolute Gasteiger partial charge is 0.297 e. The lowest BCUT2D eigenvalue weighted by Gasteiger charge is -2.13. The summed E-state index contributed by atoms with van der Waals surface area (Å²) in [6.45, 7) is 3.22. The van der Waals surface area contributed by atoms with Crippen LogP contribution in [0.2, 0.25) is 0 Å². The Kier molecular flexibility index (Phi) is 6.20. The monoisotopic (exact) mass is 313 g/mol. The van der Waals surface area contributed by atoms with Gasteiger partial charge in [0.1, 0.15) is 0 Å². The Morgan fingerprint density at radius 2 is 2.00 bits per heavy atom. The van der Waals surface area contributed by atoms with Crippen molar-refractivity contribution in [1.29, 1.82) is 5.26 Å². The number of rotatable bonds is 6. The minimum absolute atomic E-state index is 0.0406. The lowest BCUT2D eigenvalue weighted by atomic mass is 10.2. The summed E-state index contributed by atoms with van der Waals surface area (Å²) in [6.07, 6.45) is -0.925. The van der Waals surface area contributed by atoms with Crippen LogP contribution in [0.3, 0.4) is 0 Å². The van der Waals surface area contributed by atoms with Gasteiger partial charge >= 0.3 is 0 Å². The smallest absolute Gasteiger partial charge is 0.288 e. The van der Waals surface area contributed by atoms with Crippen molar-refractivity contribution in [2.45, 2.75) is 31.3 Å². The van der Waals surface area contributed by atoms with Gasteiger partial charge in [-0.05, 0) is 19.1 Å². The molecular weight excluding hydrogens is 298 g/mol. The number of benzene rings is 1. The first kappa shape index (κ1) is 16.7. The number of thioether (sulfide) groups is 1. The average Bonchev–Trinajstić information content (AvgIpc) is 2.36. The molecule has 0 amide bonds. The van der Waals surface area contributed by atoms with Gasteiger partial charge in [0.05, 0.1) is 23.5 Å². The molecule has 0 unspecified atom stereocenters. The van der Waals surface area contributed by atoms with Crippen molar-refractivity contribution in [3.8, 4) is 6.07 Å². The fourth-order valence-corrected chi connectivity index (χ4v) is 3.14. The third-order valence-electron chi connectivity index (χ3n) is 2.36. The van der Waals surface area contributed by atoms with E-state index in [4.69, 9.17) is 9.44 Å². The van der Waals surface area contributed by atoms with Crippen LogP contribution in [0.15, 0.2) is 29.2 Å². The van der Waals surface area contributed by atoms with Crippen LogP contribution < -0.4 is 0 Å². The van der Waals surface area contributed by atoms with Gasteiger partial charge in [0.15, 0.2) is 5.12 Å². The molecule has 20 heavy (non-hydrogen) atoms. The van der Waals surface area contributed by atoms with Crippen LogP contribution in [0.5, 0.6) is 0 Å². The van der Waals surface area contributed by atoms with E-state index in [1.165, 1.54) is 19.1 Å². The molecule has 0 fully saturated rings. The van der Waals surface area contributed by atoms with Crippen molar-refractivity contribution in [1.82, 2.24) is 0 Å². The maximum Gasteiger partial charge on any atom is 0.297 e. The van der Waals surface area contributed by atoms with Crippen molar-refractivity contribution in [3.63, 3.8) is 0 Å². The lowest BCUT2D eigenvalue weighted by Crippen LogP contribution is -2.21. The highest BCUT2D eigenvalue weighted by Gasteiger charge is 2.22. The second kappa shape index (κ2) is 7.43. The van der Waals surface area contributed by atoms with E-state index in [-0.39, 0.29) is 22.2 Å². The fraction of sp³-hybridized carbons (Fsp3) is 0.385. The predicted molar refractivity (Wildman–Crippen MR) is 76.6 cm³/mol. The van der Waals surface area contributed by atoms with Crippen LogP contribution in [0, 0.1) is 18.3 Å². The van der Waals surface area contributed by atoms with Crippen LogP contribution >= 0.6 is 11.8 Å². The van der Waals surface area contributed by atoms with Gasteiger partial charge in [-0.1, -0.05) is 29.5 Å². The Morgan fingerprint density at radius 1 is 1.40 bits per heavy atom. The SMILES string of the molecule is CC(=O)SC[C@H](CC#N)OS(=O)(=O)c1ccc(C)cc1. The van der Waals surface area contributed by atoms with E-state index in [1.807, 2.05) is 13.0 Å². The highest BCUT2D eigenvalue weighted by Crippen LogP contribution is 2.18. The van der Waals surface area contributed by atoms with Crippen molar-refractivity contribution in [3.05, 3.63) is 29.8 Å². The average molecular weight is 313 g/mol. The standard InChI is InChI=1S/C13H15NO4S2/c1-10-3-5-13(6-4-10)20(16,17)18-12(7-8-14)9-19-11(2)15/h3-6,12H,7,9H2,1-2H3/t12-/m0/s1. The van der Waals surface area contributed by atoms with E-state index in [9.17, 15) is 13.2 Å². The highest BCUT2D eigenvalue weighted by atomic mass is 32.2. The molecule has 0 aromatic heterocycles. The first-order valence-electron chi connectivity index (χ1n) is 5.85. The molecule has 1 rings (SSSR count). The molecule has 1 atom stereocenters. The summed E-state index contributed by atoms with van der Waals surface area (Å²) in [5.74, 6) is 0.133. The maximum absolute atomic E-state index is 12.0. The van der Waals surface area contributed by atoms with Gasteiger partial charge in [0, 0.05) is 12.7 Å². The van der Waals surface area contributed by atoms with E-state index in [0.717, 1.165) is 17.3 Å². The molecule has 0 spiro atoms. The number of carbonyl (C=O) groups excluding carboxylic acids is 1. The van der Waals surface area contributed by atoms with Crippen LogP contribution in [0.1, 0.15) is 18.9 Å². The second-order valence-corrected chi connectivity index (χ2v) is 6.92. The molecular formula is C13H15NO4S2. The Balaban J connectivity index is 2.83. The van der Waals surface area contributed by atoms with Crippen LogP contribution in [-0.4, -0.2) is 25.4 Å². The van der Waals surface area contributed by atoms with E-state index >= 15 is 0 Å². The summed E-state index contributed by atoms with van der Waals surface area (Å²) in [6, 6.07) is 8.09. The number of carbonyl (C=O) groups is 1. The van der Waals surface area contributed by atoms with Crippen molar-refractivity contribution < 1.29 is 17.4 Å².